The fourth-order valence-corrected chi connectivity index (χ4v) is 2.01. The van der Waals surface area contributed by atoms with Gasteiger partial charge in [0.15, 0.2) is 0 Å². The van der Waals surface area contributed by atoms with Gasteiger partial charge in [0.05, 0.1) is 9.40 Å². The summed E-state index contributed by atoms with van der Waals surface area (Å²) < 4.78 is 0.538. The van der Waals surface area contributed by atoms with E-state index in [9.17, 15) is 14.9 Å². The summed E-state index contributed by atoms with van der Waals surface area (Å²) >= 11 is 3.28. The molecule has 0 atom stereocenters. The normalized spacial score (nSPS) is 10.4. The average Bonchev–Trinajstić information content (AvgIpc) is 2.33. The predicted molar refractivity (Wildman–Crippen MR) is 79.7 cm³/mol. The number of carbonyl (C=O) groups is 1. The molecule has 0 aliphatic rings. The second kappa shape index (κ2) is 7.18. The largest absolute Gasteiger partial charge is 0.369 e. The predicted octanol–water partition coefficient (Wildman–Crippen LogP) is 2.39. The second-order valence-corrected chi connectivity index (χ2v) is 5.38. The maximum absolute atomic E-state index is 11.5. The topological polar surface area (TPSA) is 97.2 Å². The number of nitro groups is 1. The highest BCUT2D eigenvalue weighted by Crippen LogP contribution is 2.30. The van der Waals surface area contributed by atoms with Crippen molar-refractivity contribution in [2.24, 2.45) is 0 Å². The zero-order valence-corrected chi connectivity index (χ0v) is 13.2. The Morgan fingerprint density at radius 2 is 2.20 bits per heavy atom. The molecule has 0 saturated heterocycles. The average molecular weight is 345 g/mol. The van der Waals surface area contributed by atoms with E-state index in [2.05, 4.69) is 31.5 Å². The molecule has 0 fully saturated rings. The number of aromatic nitrogens is 1. The summed E-state index contributed by atoms with van der Waals surface area (Å²) in [6.45, 7) is 5.83. The Labute approximate surface area is 125 Å². The monoisotopic (exact) mass is 344 g/mol. The summed E-state index contributed by atoms with van der Waals surface area (Å²) in [7, 11) is 0. The smallest absolute Gasteiger partial charge is 0.291 e. The van der Waals surface area contributed by atoms with E-state index in [-0.39, 0.29) is 17.6 Å². The number of carbonyl (C=O) groups excluding carboxylic acids is 1. The molecule has 0 aromatic carbocycles. The molecule has 8 heteroatoms. The van der Waals surface area contributed by atoms with E-state index in [0.717, 1.165) is 0 Å². The van der Waals surface area contributed by atoms with E-state index < -0.39 is 4.92 Å². The molecule has 1 aromatic rings. The van der Waals surface area contributed by atoms with E-state index in [1.807, 2.05) is 13.8 Å². The standard InChI is InChI=1S/C12H17BrN4O3/c1-7(2)16-10(18)4-5-14-12-11(13)8(3)9(6-15-12)17(19)20/h6-7H,4-5H2,1-3H3,(H,14,15)(H,16,18). The Kier molecular flexibility index (Phi) is 5.87. The van der Waals surface area contributed by atoms with Crippen LogP contribution in [-0.4, -0.2) is 28.4 Å². The van der Waals surface area contributed by atoms with Gasteiger partial charge in [-0.05, 0) is 36.7 Å². The Morgan fingerprint density at radius 1 is 1.55 bits per heavy atom. The molecule has 1 rings (SSSR count). The number of halogens is 1. The summed E-state index contributed by atoms with van der Waals surface area (Å²) in [5, 5.41) is 16.5. The molecule has 1 aromatic heterocycles. The van der Waals surface area contributed by atoms with Gasteiger partial charge in [-0.15, -0.1) is 0 Å². The molecule has 0 radical (unpaired) electrons. The van der Waals surface area contributed by atoms with Crippen LogP contribution in [0.25, 0.3) is 0 Å². The van der Waals surface area contributed by atoms with Crippen LogP contribution in [0.1, 0.15) is 25.8 Å². The highest BCUT2D eigenvalue weighted by Gasteiger charge is 2.17. The molecule has 1 heterocycles. The van der Waals surface area contributed by atoms with Crippen LogP contribution in [0, 0.1) is 17.0 Å². The van der Waals surface area contributed by atoms with E-state index in [4.69, 9.17) is 0 Å². The van der Waals surface area contributed by atoms with Gasteiger partial charge in [0.25, 0.3) is 5.69 Å². The lowest BCUT2D eigenvalue weighted by Gasteiger charge is -2.11. The minimum absolute atomic E-state index is 0.0417. The molecule has 20 heavy (non-hydrogen) atoms. The summed E-state index contributed by atoms with van der Waals surface area (Å²) in [5.41, 5.74) is 0.458. The van der Waals surface area contributed by atoms with Crippen molar-refractivity contribution in [1.29, 1.82) is 0 Å². The van der Waals surface area contributed by atoms with Crippen molar-refractivity contribution in [3.8, 4) is 0 Å². The first-order chi connectivity index (χ1) is 9.32. The molecule has 0 aliphatic heterocycles. The Morgan fingerprint density at radius 3 is 2.75 bits per heavy atom. The molecule has 0 saturated carbocycles. The second-order valence-electron chi connectivity index (χ2n) is 4.59. The molecule has 0 unspecified atom stereocenters. The third kappa shape index (κ3) is 4.44. The quantitative estimate of drug-likeness (QED) is 0.609. The number of anilines is 1. The SMILES string of the molecule is Cc1c([N+](=O)[O-])cnc(NCCC(=O)NC(C)C)c1Br. The van der Waals surface area contributed by atoms with Gasteiger partial charge in [0, 0.05) is 24.6 Å². The van der Waals surface area contributed by atoms with Crippen LogP contribution in [0.4, 0.5) is 11.5 Å². The lowest BCUT2D eigenvalue weighted by Crippen LogP contribution is -2.31. The number of pyridine rings is 1. The minimum Gasteiger partial charge on any atom is -0.369 e. The number of nitrogens with zero attached hydrogens (tertiary/aromatic N) is 2. The molecule has 0 spiro atoms. The van der Waals surface area contributed by atoms with Gasteiger partial charge in [0.1, 0.15) is 12.0 Å². The Balaban J connectivity index is 2.64. The van der Waals surface area contributed by atoms with Crippen LogP contribution in [0.2, 0.25) is 0 Å². The van der Waals surface area contributed by atoms with Crippen LogP contribution >= 0.6 is 15.9 Å². The molecule has 7 nitrogen and oxygen atoms in total. The van der Waals surface area contributed by atoms with Crippen molar-refractivity contribution in [2.75, 3.05) is 11.9 Å². The minimum atomic E-state index is -0.479. The third-order valence-electron chi connectivity index (χ3n) is 2.53. The highest BCUT2D eigenvalue weighted by molar-refractivity contribution is 9.10. The van der Waals surface area contributed by atoms with Crippen molar-refractivity contribution in [3.05, 3.63) is 26.3 Å². The summed E-state index contributed by atoms with van der Waals surface area (Å²) in [6.07, 6.45) is 1.51. The van der Waals surface area contributed by atoms with E-state index in [1.165, 1.54) is 6.20 Å². The number of amides is 1. The van der Waals surface area contributed by atoms with Gasteiger partial charge < -0.3 is 10.6 Å². The van der Waals surface area contributed by atoms with E-state index in [0.29, 0.717) is 28.8 Å². The molecule has 1 amide bonds. The number of rotatable bonds is 6. The van der Waals surface area contributed by atoms with Gasteiger partial charge in [-0.25, -0.2) is 4.98 Å². The first kappa shape index (κ1) is 16.4. The Bertz CT molecular complexity index is 520. The van der Waals surface area contributed by atoms with Crippen LogP contribution in [-0.2, 0) is 4.79 Å². The van der Waals surface area contributed by atoms with E-state index >= 15 is 0 Å². The lowest BCUT2D eigenvalue weighted by molar-refractivity contribution is -0.385. The summed E-state index contributed by atoms with van der Waals surface area (Å²) in [6, 6.07) is 0.106. The van der Waals surface area contributed by atoms with Gasteiger partial charge in [-0.3, -0.25) is 14.9 Å². The zero-order valence-electron chi connectivity index (χ0n) is 11.6. The third-order valence-corrected chi connectivity index (χ3v) is 3.50. The van der Waals surface area contributed by atoms with Crippen molar-refractivity contribution >= 4 is 33.3 Å². The van der Waals surface area contributed by atoms with Crippen LogP contribution in [0.3, 0.4) is 0 Å². The summed E-state index contributed by atoms with van der Waals surface area (Å²) in [4.78, 5) is 25.7. The van der Waals surface area contributed by atoms with Crippen molar-refractivity contribution in [2.45, 2.75) is 33.2 Å². The molecule has 0 aliphatic carbocycles. The molecule has 110 valence electrons. The number of nitrogens with one attached hydrogen (secondary N) is 2. The van der Waals surface area contributed by atoms with E-state index in [1.54, 1.807) is 6.92 Å². The van der Waals surface area contributed by atoms with Crippen LogP contribution < -0.4 is 10.6 Å². The van der Waals surface area contributed by atoms with Crippen molar-refractivity contribution in [3.63, 3.8) is 0 Å². The maximum atomic E-state index is 11.5. The summed E-state index contributed by atoms with van der Waals surface area (Å²) in [5.74, 6) is 0.438. The lowest BCUT2D eigenvalue weighted by atomic mass is 10.2. The zero-order chi connectivity index (χ0) is 15.3. The van der Waals surface area contributed by atoms with Gasteiger partial charge in [-0.2, -0.15) is 0 Å². The number of hydrogen-bond acceptors (Lipinski definition) is 5. The first-order valence-corrected chi connectivity index (χ1v) is 6.95. The van der Waals surface area contributed by atoms with Crippen molar-refractivity contribution in [1.82, 2.24) is 10.3 Å². The van der Waals surface area contributed by atoms with Gasteiger partial charge >= 0.3 is 0 Å². The van der Waals surface area contributed by atoms with Crippen LogP contribution in [0.15, 0.2) is 10.7 Å². The Hall–Kier alpha value is -1.70. The molecule has 2 N–H and O–H groups in total. The molecule has 0 bridgehead atoms. The highest BCUT2D eigenvalue weighted by atomic mass is 79.9. The van der Waals surface area contributed by atoms with Gasteiger partial charge in [-0.1, -0.05) is 0 Å². The fourth-order valence-electron chi connectivity index (χ4n) is 1.57. The van der Waals surface area contributed by atoms with Gasteiger partial charge in [0.2, 0.25) is 5.91 Å². The van der Waals surface area contributed by atoms with Crippen LogP contribution in [0.5, 0.6) is 0 Å². The molecular weight excluding hydrogens is 328 g/mol. The van der Waals surface area contributed by atoms with Crippen molar-refractivity contribution < 1.29 is 9.72 Å². The first-order valence-electron chi connectivity index (χ1n) is 6.15. The maximum Gasteiger partial charge on any atom is 0.291 e. The number of hydrogen-bond donors (Lipinski definition) is 2. The fraction of sp³-hybridized carbons (Fsp3) is 0.500. The molecular formula is C12H17BrN4O3.